The van der Waals surface area contributed by atoms with Gasteiger partial charge in [-0.2, -0.15) is 5.10 Å². The van der Waals surface area contributed by atoms with Crippen LogP contribution in [0.15, 0.2) is 4.47 Å². The SMILES string of the molecule is CCn1nc(C)c(Br)c1CC(O)CC1CCCCCC1. The zero-order valence-electron chi connectivity index (χ0n) is 12.7. The molecular weight excluding hydrogens is 316 g/mol. The standard InChI is InChI=1S/C16H27BrN2O/c1-3-19-15(16(17)12(2)18-19)11-14(20)10-13-8-6-4-5-7-9-13/h13-14,20H,3-11H2,1-2H3. The van der Waals surface area contributed by atoms with E-state index in [0.717, 1.165) is 28.8 Å². The smallest absolute Gasteiger partial charge is 0.0738 e. The van der Waals surface area contributed by atoms with Crippen LogP contribution in [0.25, 0.3) is 0 Å². The molecular formula is C16H27BrN2O. The van der Waals surface area contributed by atoms with E-state index in [9.17, 15) is 5.11 Å². The van der Waals surface area contributed by atoms with Gasteiger partial charge in [0.2, 0.25) is 0 Å². The molecule has 0 spiro atoms. The van der Waals surface area contributed by atoms with Crippen LogP contribution in [-0.4, -0.2) is 21.0 Å². The van der Waals surface area contributed by atoms with Crippen LogP contribution in [0.3, 0.4) is 0 Å². The number of hydrogen-bond acceptors (Lipinski definition) is 2. The molecule has 3 nitrogen and oxygen atoms in total. The van der Waals surface area contributed by atoms with E-state index in [0.29, 0.717) is 12.3 Å². The molecule has 0 amide bonds. The monoisotopic (exact) mass is 342 g/mol. The molecule has 1 aromatic rings. The summed E-state index contributed by atoms with van der Waals surface area (Å²) in [5, 5.41) is 14.9. The van der Waals surface area contributed by atoms with Crippen molar-refractivity contribution in [3.8, 4) is 0 Å². The van der Waals surface area contributed by atoms with Gasteiger partial charge in [-0.25, -0.2) is 0 Å². The normalized spacial score (nSPS) is 19.0. The quantitative estimate of drug-likeness (QED) is 0.812. The molecule has 1 aliphatic carbocycles. The molecule has 0 aromatic carbocycles. The Morgan fingerprint density at radius 3 is 2.55 bits per heavy atom. The van der Waals surface area contributed by atoms with Crippen molar-refractivity contribution in [3.63, 3.8) is 0 Å². The lowest BCUT2D eigenvalue weighted by Crippen LogP contribution is -2.18. The summed E-state index contributed by atoms with van der Waals surface area (Å²) in [7, 11) is 0. The van der Waals surface area contributed by atoms with Crippen molar-refractivity contribution in [3.05, 3.63) is 15.9 Å². The third-order valence-corrected chi connectivity index (χ3v) is 5.49. The van der Waals surface area contributed by atoms with Crippen LogP contribution in [-0.2, 0) is 13.0 Å². The van der Waals surface area contributed by atoms with E-state index < -0.39 is 0 Å². The van der Waals surface area contributed by atoms with Crippen molar-refractivity contribution in [2.75, 3.05) is 0 Å². The second kappa shape index (κ2) is 7.60. The molecule has 1 atom stereocenters. The van der Waals surface area contributed by atoms with Gasteiger partial charge in [-0.05, 0) is 42.1 Å². The van der Waals surface area contributed by atoms with Crippen LogP contribution >= 0.6 is 15.9 Å². The Hall–Kier alpha value is -0.350. The maximum absolute atomic E-state index is 10.4. The molecule has 20 heavy (non-hydrogen) atoms. The molecule has 0 aliphatic heterocycles. The molecule has 0 bridgehead atoms. The van der Waals surface area contributed by atoms with Crippen molar-refractivity contribution < 1.29 is 5.11 Å². The van der Waals surface area contributed by atoms with E-state index >= 15 is 0 Å². The predicted molar refractivity (Wildman–Crippen MR) is 85.9 cm³/mol. The third-order valence-electron chi connectivity index (χ3n) is 4.46. The fraction of sp³-hybridized carbons (Fsp3) is 0.812. The van der Waals surface area contributed by atoms with E-state index in [1.807, 2.05) is 11.6 Å². The summed E-state index contributed by atoms with van der Waals surface area (Å²) >= 11 is 3.61. The Balaban J connectivity index is 1.95. The first-order valence-corrected chi connectivity index (χ1v) is 8.81. The molecule has 1 aliphatic rings. The molecule has 0 saturated heterocycles. The molecule has 0 radical (unpaired) electrons. The van der Waals surface area contributed by atoms with Crippen LogP contribution in [0, 0.1) is 12.8 Å². The maximum atomic E-state index is 10.4. The number of aliphatic hydroxyl groups is 1. The maximum Gasteiger partial charge on any atom is 0.0738 e. The molecule has 1 saturated carbocycles. The molecule has 2 rings (SSSR count). The van der Waals surface area contributed by atoms with Crippen molar-refractivity contribution >= 4 is 15.9 Å². The summed E-state index contributed by atoms with van der Waals surface area (Å²) in [6.45, 7) is 4.97. The van der Waals surface area contributed by atoms with Crippen molar-refractivity contribution in [2.24, 2.45) is 5.92 Å². The average molecular weight is 343 g/mol. The Morgan fingerprint density at radius 1 is 1.30 bits per heavy atom. The van der Waals surface area contributed by atoms with Gasteiger partial charge in [0, 0.05) is 13.0 Å². The highest BCUT2D eigenvalue weighted by molar-refractivity contribution is 9.10. The highest BCUT2D eigenvalue weighted by Crippen LogP contribution is 2.28. The number of nitrogens with zero attached hydrogens (tertiary/aromatic N) is 2. The van der Waals surface area contributed by atoms with Crippen LogP contribution in [0.1, 0.15) is 63.3 Å². The van der Waals surface area contributed by atoms with E-state index in [1.165, 1.54) is 38.5 Å². The van der Waals surface area contributed by atoms with Gasteiger partial charge in [0.25, 0.3) is 0 Å². The average Bonchev–Trinajstić information content (AvgIpc) is 2.64. The largest absolute Gasteiger partial charge is 0.393 e. The molecule has 1 N–H and O–H groups in total. The van der Waals surface area contributed by atoms with Crippen molar-refractivity contribution in [1.82, 2.24) is 9.78 Å². The van der Waals surface area contributed by atoms with Gasteiger partial charge in [0.1, 0.15) is 0 Å². The van der Waals surface area contributed by atoms with Crippen LogP contribution in [0.2, 0.25) is 0 Å². The Bertz CT molecular complexity index is 422. The fourth-order valence-electron chi connectivity index (χ4n) is 3.35. The number of aliphatic hydroxyl groups excluding tert-OH is 1. The van der Waals surface area contributed by atoms with E-state index in [4.69, 9.17) is 0 Å². The lowest BCUT2D eigenvalue weighted by Gasteiger charge is -2.19. The van der Waals surface area contributed by atoms with E-state index in [-0.39, 0.29) is 6.10 Å². The molecule has 1 fully saturated rings. The van der Waals surface area contributed by atoms with Crippen LogP contribution < -0.4 is 0 Å². The zero-order chi connectivity index (χ0) is 14.5. The lowest BCUT2D eigenvalue weighted by molar-refractivity contribution is 0.135. The Kier molecular flexibility index (Phi) is 6.09. The number of rotatable bonds is 5. The summed E-state index contributed by atoms with van der Waals surface area (Å²) in [5.41, 5.74) is 2.16. The number of aryl methyl sites for hydroxylation is 2. The Morgan fingerprint density at radius 2 is 1.95 bits per heavy atom. The van der Waals surface area contributed by atoms with Crippen molar-refractivity contribution in [2.45, 2.75) is 77.9 Å². The van der Waals surface area contributed by atoms with Gasteiger partial charge in [-0.1, -0.05) is 38.5 Å². The molecule has 1 aromatic heterocycles. The van der Waals surface area contributed by atoms with Gasteiger partial charge in [-0.3, -0.25) is 4.68 Å². The van der Waals surface area contributed by atoms with E-state index in [1.54, 1.807) is 0 Å². The number of hydrogen-bond donors (Lipinski definition) is 1. The number of aromatic nitrogens is 2. The minimum Gasteiger partial charge on any atom is -0.393 e. The Labute approximate surface area is 130 Å². The minimum atomic E-state index is -0.240. The van der Waals surface area contributed by atoms with Crippen LogP contribution in [0.4, 0.5) is 0 Å². The first-order valence-electron chi connectivity index (χ1n) is 8.01. The van der Waals surface area contributed by atoms with Gasteiger partial charge in [0.05, 0.1) is 22.0 Å². The van der Waals surface area contributed by atoms with Gasteiger partial charge in [0.15, 0.2) is 0 Å². The summed E-state index contributed by atoms with van der Waals surface area (Å²) in [5.74, 6) is 0.713. The topological polar surface area (TPSA) is 38.0 Å². The summed E-state index contributed by atoms with van der Waals surface area (Å²) in [6.07, 6.45) is 9.44. The van der Waals surface area contributed by atoms with Crippen molar-refractivity contribution in [1.29, 1.82) is 0 Å². The minimum absolute atomic E-state index is 0.240. The number of halogens is 1. The summed E-state index contributed by atoms with van der Waals surface area (Å²) < 4.78 is 3.08. The van der Waals surface area contributed by atoms with Gasteiger partial charge >= 0.3 is 0 Å². The second-order valence-corrected chi connectivity index (χ2v) is 6.91. The van der Waals surface area contributed by atoms with Gasteiger partial charge < -0.3 is 5.11 Å². The fourth-order valence-corrected chi connectivity index (χ4v) is 3.80. The highest BCUT2D eigenvalue weighted by Gasteiger charge is 2.20. The van der Waals surface area contributed by atoms with Gasteiger partial charge in [-0.15, -0.1) is 0 Å². The lowest BCUT2D eigenvalue weighted by atomic mass is 9.92. The molecule has 1 unspecified atom stereocenters. The molecule has 4 heteroatoms. The highest BCUT2D eigenvalue weighted by atomic mass is 79.9. The first-order chi connectivity index (χ1) is 9.61. The zero-order valence-corrected chi connectivity index (χ0v) is 14.3. The summed E-state index contributed by atoms with van der Waals surface area (Å²) in [4.78, 5) is 0. The predicted octanol–water partition coefficient (Wildman–Crippen LogP) is 4.24. The second-order valence-electron chi connectivity index (χ2n) is 6.11. The first kappa shape index (κ1) is 16.0. The van der Waals surface area contributed by atoms with E-state index in [2.05, 4.69) is 28.0 Å². The van der Waals surface area contributed by atoms with Crippen LogP contribution in [0.5, 0.6) is 0 Å². The molecule has 1 heterocycles. The molecule has 114 valence electrons. The third kappa shape index (κ3) is 4.08. The summed E-state index contributed by atoms with van der Waals surface area (Å²) in [6, 6.07) is 0.